The van der Waals surface area contributed by atoms with E-state index in [9.17, 15) is 4.79 Å². The summed E-state index contributed by atoms with van der Waals surface area (Å²) in [5.41, 5.74) is 1.22. The topological polar surface area (TPSA) is 67.8 Å². The maximum atomic E-state index is 12.2. The Bertz CT molecular complexity index is 897. The fraction of sp³-hybridized carbons (Fsp3) is 0.125. The lowest BCUT2D eigenvalue weighted by molar-refractivity contribution is 0.102. The molecule has 1 N–H and O–H groups in total. The smallest absolute Gasteiger partial charge is 0.276 e. The number of benzene rings is 1. The van der Waals surface area contributed by atoms with Gasteiger partial charge in [0, 0.05) is 33.7 Å². The van der Waals surface area contributed by atoms with Crippen LogP contribution < -0.4 is 5.32 Å². The third-order valence-corrected chi connectivity index (χ3v) is 4.67. The lowest BCUT2D eigenvalue weighted by Gasteiger charge is -2.03. The van der Waals surface area contributed by atoms with Crippen LogP contribution in [0.15, 0.2) is 36.7 Å². The number of carbonyl (C=O) groups is 1. The number of nitrogens with one attached hydrogen (secondary N) is 1. The summed E-state index contributed by atoms with van der Waals surface area (Å²) in [6, 6.07) is 6.89. The van der Waals surface area contributed by atoms with Crippen molar-refractivity contribution in [3.05, 3.63) is 68.7 Å². The average molecular weight is 379 g/mol. The van der Waals surface area contributed by atoms with E-state index in [-0.39, 0.29) is 5.91 Å². The molecule has 1 aromatic carbocycles. The third kappa shape index (κ3) is 4.08. The average Bonchev–Trinajstić information content (AvgIpc) is 2.98. The zero-order valence-electron chi connectivity index (χ0n) is 12.6. The zero-order chi connectivity index (χ0) is 17.1. The summed E-state index contributed by atoms with van der Waals surface area (Å²) >= 11 is 13.6. The second-order valence-corrected chi connectivity index (χ2v) is 6.95. The minimum absolute atomic E-state index is 0.303. The number of amides is 1. The highest BCUT2D eigenvalue weighted by Gasteiger charge is 2.12. The van der Waals surface area contributed by atoms with Gasteiger partial charge in [-0.1, -0.05) is 23.2 Å². The number of rotatable bonds is 4. The van der Waals surface area contributed by atoms with Crippen molar-refractivity contribution < 1.29 is 4.79 Å². The van der Waals surface area contributed by atoms with Crippen LogP contribution in [0.25, 0.3) is 0 Å². The Labute approximate surface area is 152 Å². The summed E-state index contributed by atoms with van der Waals surface area (Å²) in [5.74, 6) is 0.222. The van der Waals surface area contributed by atoms with Crippen LogP contribution in [-0.4, -0.2) is 20.9 Å². The van der Waals surface area contributed by atoms with E-state index in [0.717, 1.165) is 10.4 Å². The number of anilines is 1. The minimum atomic E-state index is -0.317. The fourth-order valence-electron chi connectivity index (χ4n) is 2.06. The van der Waals surface area contributed by atoms with Crippen LogP contribution in [0, 0.1) is 6.92 Å². The van der Waals surface area contributed by atoms with E-state index in [1.807, 2.05) is 6.07 Å². The molecule has 0 atom stereocenters. The number of hydrogen-bond donors (Lipinski definition) is 1. The Morgan fingerprint density at radius 2 is 2.08 bits per heavy atom. The number of hydrogen-bond acceptors (Lipinski definition) is 5. The predicted octanol–water partition coefficient (Wildman–Crippen LogP) is 4.39. The van der Waals surface area contributed by atoms with Gasteiger partial charge in [-0.05, 0) is 36.8 Å². The van der Waals surface area contributed by atoms with Crippen LogP contribution in [0.4, 0.5) is 5.13 Å². The van der Waals surface area contributed by atoms with Gasteiger partial charge in [0.05, 0.1) is 0 Å². The second kappa shape index (κ2) is 7.25. The summed E-state index contributed by atoms with van der Waals surface area (Å²) in [6.07, 6.45) is 3.86. The molecule has 2 heterocycles. The van der Waals surface area contributed by atoms with E-state index in [2.05, 4.69) is 20.3 Å². The van der Waals surface area contributed by atoms with Gasteiger partial charge in [0.25, 0.3) is 5.91 Å². The highest BCUT2D eigenvalue weighted by atomic mass is 35.5. The van der Waals surface area contributed by atoms with Crippen molar-refractivity contribution in [2.75, 3.05) is 5.32 Å². The SMILES string of the molecule is Cc1nccc(C(=O)Nc2ncc(Cc3cc(Cl)ccc3Cl)s2)n1. The van der Waals surface area contributed by atoms with Crippen molar-refractivity contribution in [2.24, 2.45) is 0 Å². The molecule has 1 amide bonds. The Morgan fingerprint density at radius 1 is 1.25 bits per heavy atom. The molecule has 0 unspecified atom stereocenters. The molecular formula is C16H12Cl2N4OS. The molecule has 8 heteroatoms. The molecule has 24 heavy (non-hydrogen) atoms. The van der Waals surface area contributed by atoms with Crippen molar-refractivity contribution in [3.63, 3.8) is 0 Å². The highest BCUT2D eigenvalue weighted by Crippen LogP contribution is 2.27. The summed E-state index contributed by atoms with van der Waals surface area (Å²) in [6.45, 7) is 1.73. The van der Waals surface area contributed by atoms with Gasteiger partial charge in [-0.2, -0.15) is 0 Å². The van der Waals surface area contributed by atoms with Gasteiger partial charge in [-0.25, -0.2) is 15.0 Å². The summed E-state index contributed by atoms with van der Waals surface area (Å²) in [5, 5.41) is 4.52. The summed E-state index contributed by atoms with van der Waals surface area (Å²) in [4.78, 5) is 25.4. The summed E-state index contributed by atoms with van der Waals surface area (Å²) < 4.78 is 0. The highest BCUT2D eigenvalue weighted by molar-refractivity contribution is 7.15. The first-order valence-electron chi connectivity index (χ1n) is 7.01. The minimum Gasteiger partial charge on any atom is -0.296 e. The van der Waals surface area contributed by atoms with Gasteiger partial charge in [0.2, 0.25) is 0 Å². The Kier molecular flexibility index (Phi) is 5.08. The van der Waals surface area contributed by atoms with Crippen LogP contribution in [-0.2, 0) is 6.42 Å². The van der Waals surface area contributed by atoms with E-state index in [4.69, 9.17) is 23.2 Å². The van der Waals surface area contributed by atoms with Gasteiger partial charge in [0.1, 0.15) is 11.5 Å². The van der Waals surface area contributed by atoms with Gasteiger partial charge in [-0.15, -0.1) is 11.3 Å². The molecule has 0 bridgehead atoms. The predicted molar refractivity (Wildman–Crippen MR) is 96.1 cm³/mol. The number of thiazole rings is 1. The lowest BCUT2D eigenvalue weighted by atomic mass is 10.1. The van der Waals surface area contributed by atoms with Crippen LogP contribution in [0.2, 0.25) is 10.0 Å². The number of halogens is 2. The second-order valence-electron chi connectivity index (χ2n) is 4.99. The molecule has 0 aliphatic rings. The number of aryl methyl sites for hydroxylation is 1. The molecule has 5 nitrogen and oxygen atoms in total. The molecule has 122 valence electrons. The quantitative estimate of drug-likeness (QED) is 0.730. The van der Waals surface area contributed by atoms with Crippen molar-refractivity contribution >= 4 is 45.6 Å². The molecule has 3 aromatic rings. The first-order chi connectivity index (χ1) is 11.5. The Balaban J connectivity index is 1.71. The number of carbonyl (C=O) groups excluding carboxylic acids is 1. The molecule has 0 spiro atoms. The summed E-state index contributed by atoms with van der Waals surface area (Å²) in [7, 11) is 0. The van der Waals surface area contributed by atoms with Crippen molar-refractivity contribution in [2.45, 2.75) is 13.3 Å². The first kappa shape index (κ1) is 16.8. The molecule has 3 rings (SSSR count). The number of nitrogens with zero attached hydrogens (tertiary/aromatic N) is 3. The van der Waals surface area contributed by atoms with Gasteiger partial charge in [0.15, 0.2) is 5.13 Å². The molecular weight excluding hydrogens is 367 g/mol. The molecule has 2 aromatic heterocycles. The van der Waals surface area contributed by atoms with Crippen molar-refractivity contribution in [3.8, 4) is 0 Å². The first-order valence-corrected chi connectivity index (χ1v) is 8.58. The standard InChI is InChI=1S/C16H12Cl2N4OS/c1-9-19-5-4-14(21-9)15(23)22-16-20-8-12(24-16)7-10-6-11(17)2-3-13(10)18/h2-6,8H,7H2,1H3,(H,20,22,23). The van der Waals surface area contributed by atoms with Crippen LogP contribution in [0.3, 0.4) is 0 Å². The lowest BCUT2D eigenvalue weighted by Crippen LogP contribution is -2.14. The van der Waals surface area contributed by atoms with Gasteiger partial charge in [-0.3, -0.25) is 10.1 Å². The van der Waals surface area contributed by atoms with Crippen molar-refractivity contribution in [1.29, 1.82) is 0 Å². The van der Waals surface area contributed by atoms with E-state index in [1.54, 1.807) is 37.5 Å². The Hall–Kier alpha value is -2.02. The zero-order valence-corrected chi connectivity index (χ0v) is 14.9. The van der Waals surface area contributed by atoms with E-state index in [1.165, 1.54) is 11.3 Å². The molecule has 0 fully saturated rings. The van der Waals surface area contributed by atoms with Gasteiger partial charge >= 0.3 is 0 Å². The molecule has 0 aliphatic carbocycles. The Morgan fingerprint density at radius 3 is 2.88 bits per heavy atom. The fourth-order valence-corrected chi connectivity index (χ4v) is 3.27. The normalized spacial score (nSPS) is 10.6. The molecule has 0 saturated carbocycles. The van der Waals surface area contributed by atoms with Crippen LogP contribution in [0.5, 0.6) is 0 Å². The van der Waals surface area contributed by atoms with E-state index in [0.29, 0.717) is 33.1 Å². The van der Waals surface area contributed by atoms with Crippen LogP contribution >= 0.6 is 34.5 Å². The monoisotopic (exact) mass is 378 g/mol. The van der Waals surface area contributed by atoms with Crippen molar-refractivity contribution in [1.82, 2.24) is 15.0 Å². The molecule has 0 radical (unpaired) electrons. The largest absolute Gasteiger partial charge is 0.296 e. The maximum Gasteiger partial charge on any atom is 0.276 e. The number of aromatic nitrogens is 3. The maximum absolute atomic E-state index is 12.2. The molecule has 0 saturated heterocycles. The van der Waals surface area contributed by atoms with Crippen LogP contribution in [0.1, 0.15) is 26.8 Å². The van der Waals surface area contributed by atoms with E-state index >= 15 is 0 Å². The molecule has 0 aliphatic heterocycles. The van der Waals surface area contributed by atoms with E-state index < -0.39 is 0 Å². The third-order valence-electron chi connectivity index (χ3n) is 3.16. The van der Waals surface area contributed by atoms with Gasteiger partial charge < -0.3 is 0 Å².